The summed E-state index contributed by atoms with van der Waals surface area (Å²) >= 11 is 0. The van der Waals surface area contributed by atoms with E-state index in [0.717, 1.165) is 10.4 Å². The van der Waals surface area contributed by atoms with E-state index in [1.54, 1.807) is 24.3 Å². The average Bonchev–Trinajstić information content (AvgIpc) is 2.54. The molecule has 0 aliphatic heterocycles. The van der Waals surface area contributed by atoms with Gasteiger partial charge in [-0.2, -0.15) is 0 Å². The Hall–Kier alpha value is -3.14. The number of aldehydes is 3. The highest BCUT2D eigenvalue weighted by molar-refractivity contribution is 5.81. The molecule has 110 valence electrons. The molecule has 0 bridgehead atoms. The summed E-state index contributed by atoms with van der Waals surface area (Å²) in [5, 5.41) is 1.65. The van der Waals surface area contributed by atoms with Crippen LogP contribution in [0.4, 0.5) is 5.69 Å². The SMILES string of the molecule is O=C/C=C/C=Nc1cccc(=C/C=C/C=O)c1=C/C=C/C=O. The van der Waals surface area contributed by atoms with Gasteiger partial charge in [0.05, 0.1) is 5.69 Å². The summed E-state index contributed by atoms with van der Waals surface area (Å²) in [5.41, 5.74) is 0.680. The van der Waals surface area contributed by atoms with Crippen molar-refractivity contribution in [2.45, 2.75) is 0 Å². The van der Waals surface area contributed by atoms with E-state index in [4.69, 9.17) is 0 Å². The van der Waals surface area contributed by atoms with Crippen molar-refractivity contribution in [1.29, 1.82) is 0 Å². The van der Waals surface area contributed by atoms with Crippen molar-refractivity contribution < 1.29 is 14.4 Å². The van der Waals surface area contributed by atoms with Gasteiger partial charge in [-0.1, -0.05) is 36.4 Å². The Labute approximate surface area is 128 Å². The first kappa shape index (κ1) is 16.9. The van der Waals surface area contributed by atoms with Crippen LogP contribution in [0.3, 0.4) is 0 Å². The first-order valence-corrected chi connectivity index (χ1v) is 6.51. The Morgan fingerprint density at radius 3 is 2.05 bits per heavy atom. The Balaban J connectivity index is 3.43. The summed E-state index contributed by atoms with van der Waals surface area (Å²) in [6.07, 6.45) is 15.9. The van der Waals surface area contributed by atoms with E-state index in [1.807, 2.05) is 18.2 Å². The molecule has 0 heterocycles. The largest absolute Gasteiger partial charge is 0.299 e. The number of hydrogen-bond donors (Lipinski definition) is 0. The van der Waals surface area contributed by atoms with Crippen molar-refractivity contribution in [2.75, 3.05) is 0 Å². The van der Waals surface area contributed by atoms with Crippen LogP contribution in [0.2, 0.25) is 0 Å². The van der Waals surface area contributed by atoms with Gasteiger partial charge in [0.2, 0.25) is 0 Å². The van der Waals surface area contributed by atoms with Gasteiger partial charge in [-0.05, 0) is 35.6 Å². The van der Waals surface area contributed by atoms with E-state index in [1.165, 1.54) is 30.5 Å². The van der Waals surface area contributed by atoms with E-state index < -0.39 is 0 Å². The lowest BCUT2D eigenvalue weighted by atomic mass is 10.1. The Bertz CT molecular complexity index is 753. The zero-order valence-electron chi connectivity index (χ0n) is 11.8. The minimum atomic E-state index is 0.667. The van der Waals surface area contributed by atoms with Crippen LogP contribution < -0.4 is 10.4 Å². The first-order chi connectivity index (χ1) is 10.8. The Morgan fingerprint density at radius 1 is 0.727 bits per heavy atom. The van der Waals surface area contributed by atoms with Crippen LogP contribution in [0.25, 0.3) is 12.2 Å². The molecule has 0 fully saturated rings. The molecule has 0 unspecified atom stereocenters. The van der Waals surface area contributed by atoms with Gasteiger partial charge in [-0.3, -0.25) is 19.4 Å². The van der Waals surface area contributed by atoms with E-state index in [2.05, 4.69) is 4.99 Å². The van der Waals surface area contributed by atoms with Crippen LogP contribution in [-0.2, 0) is 14.4 Å². The third-order valence-corrected chi connectivity index (χ3v) is 2.52. The van der Waals surface area contributed by atoms with E-state index in [0.29, 0.717) is 24.5 Å². The molecule has 4 heteroatoms. The molecule has 1 rings (SSSR count). The minimum absolute atomic E-state index is 0.667. The van der Waals surface area contributed by atoms with E-state index in [9.17, 15) is 14.4 Å². The molecule has 22 heavy (non-hydrogen) atoms. The molecule has 0 saturated heterocycles. The maximum absolute atomic E-state index is 10.4. The Kier molecular flexibility index (Phi) is 8.17. The maximum Gasteiger partial charge on any atom is 0.142 e. The molecule has 0 saturated carbocycles. The number of carbonyl (C=O) groups is 3. The van der Waals surface area contributed by atoms with Gasteiger partial charge in [-0.25, -0.2) is 0 Å². The topological polar surface area (TPSA) is 63.6 Å². The van der Waals surface area contributed by atoms with Gasteiger partial charge in [0.25, 0.3) is 0 Å². The fraction of sp³-hybridized carbons (Fsp3) is 0. The van der Waals surface area contributed by atoms with Gasteiger partial charge in [-0.15, -0.1) is 0 Å². The van der Waals surface area contributed by atoms with Gasteiger partial charge in [0.15, 0.2) is 0 Å². The molecular weight excluding hydrogens is 278 g/mol. The minimum Gasteiger partial charge on any atom is -0.299 e. The monoisotopic (exact) mass is 293 g/mol. The van der Waals surface area contributed by atoms with E-state index >= 15 is 0 Å². The standard InChI is InChI=1S/C18H15NO3/c20-13-4-1-8-16-9-7-11-18(19-12-3-6-15-22)17(16)10-2-5-14-21/h1-15H/b4-1+,5-2+,6-3+,16-8?,17-10?,19-12?. The second-order valence-electron chi connectivity index (χ2n) is 3.95. The molecule has 0 aliphatic carbocycles. The average molecular weight is 293 g/mol. The van der Waals surface area contributed by atoms with Crippen molar-refractivity contribution in [3.05, 3.63) is 65.1 Å². The number of hydrogen-bond acceptors (Lipinski definition) is 4. The molecule has 0 N–H and O–H groups in total. The first-order valence-electron chi connectivity index (χ1n) is 6.51. The van der Waals surface area contributed by atoms with Crippen LogP contribution in [-0.4, -0.2) is 25.1 Å². The van der Waals surface area contributed by atoms with Crippen LogP contribution in [0, 0.1) is 0 Å². The summed E-state index contributed by atoms with van der Waals surface area (Å²) in [5.74, 6) is 0. The molecule has 1 aromatic carbocycles. The lowest BCUT2D eigenvalue weighted by Crippen LogP contribution is -2.24. The van der Waals surface area contributed by atoms with Crippen LogP contribution in [0.1, 0.15) is 0 Å². The molecule has 0 amide bonds. The highest BCUT2D eigenvalue weighted by Crippen LogP contribution is 2.00. The van der Waals surface area contributed by atoms with Crippen molar-refractivity contribution in [1.82, 2.24) is 0 Å². The fourth-order valence-electron chi connectivity index (χ4n) is 1.63. The Morgan fingerprint density at radius 2 is 1.36 bits per heavy atom. The second kappa shape index (κ2) is 10.6. The summed E-state index contributed by atoms with van der Waals surface area (Å²) in [4.78, 5) is 35.2. The summed E-state index contributed by atoms with van der Waals surface area (Å²) < 4.78 is 0. The molecule has 0 radical (unpaired) electrons. The number of carbonyl (C=O) groups excluding carboxylic acids is 3. The molecule has 4 nitrogen and oxygen atoms in total. The highest BCUT2D eigenvalue weighted by atomic mass is 16.1. The molecule has 0 aromatic heterocycles. The van der Waals surface area contributed by atoms with Gasteiger partial charge in [0.1, 0.15) is 18.9 Å². The molecular formula is C18H15NO3. The van der Waals surface area contributed by atoms with Crippen LogP contribution >= 0.6 is 0 Å². The number of rotatable bonds is 7. The predicted octanol–water partition coefficient (Wildman–Crippen LogP) is 1.22. The fourth-order valence-corrected chi connectivity index (χ4v) is 1.63. The smallest absolute Gasteiger partial charge is 0.142 e. The van der Waals surface area contributed by atoms with Gasteiger partial charge < -0.3 is 0 Å². The predicted molar refractivity (Wildman–Crippen MR) is 88.4 cm³/mol. The maximum atomic E-state index is 10.4. The van der Waals surface area contributed by atoms with Crippen molar-refractivity contribution in [3.8, 4) is 0 Å². The number of benzene rings is 1. The zero-order valence-corrected chi connectivity index (χ0v) is 11.8. The van der Waals surface area contributed by atoms with Crippen molar-refractivity contribution in [3.63, 3.8) is 0 Å². The summed E-state index contributed by atoms with van der Waals surface area (Å²) in [7, 11) is 0. The van der Waals surface area contributed by atoms with Gasteiger partial charge >= 0.3 is 0 Å². The lowest BCUT2D eigenvalue weighted by Gasteiger charge is -1.96. The quantitative estimate of drug-likeness (QED) is 0.431. The number of nitrogens with zero attached hydrogens (tertiary/aromatic N) is 1. The normalized spacial score (nSPS) is 13.8. The van der Waals surface area contributed by atoms with Crippen molar-refractivity contribution >= 4 is 42.9 Å². The summed E-state index contributed by atoms with van der Waals surface area (Å²) in [6.45, 7) is 0. The summed E-state index contributed by atoms with van der Waals surface area (Å²) in [6, 6.07) is 5.51. The number of aliphatic imine (C=N–C) groups is 1. The molecule has 1 aromatic rings. The van der Waals surface area contributed by atoms with Crippen LogP contribution in [0.5, 0.6) is 0 Å². The third-order valence-electron chi connectivity index (χ3n) is 2.52. The lowest BCUT2D eigenvalue weighted by molar-refractivity contribution is -0.104. The van der Waals surface area contributed by atoms with Crippen LogP contribution in [0.15, 0.2) is 59.6 Å². The second-order valence-corrected chi connectivity index (χ2v) is 3.95. The molecule has 0 atom stereocenters. The van der Waals surface area contributed by atoms with E-state index in [-0.39, 0.29) is 0 Å². The molecule has 0 aliphatic rings. The van der Waals surface area contributed by atoms with Crippen molar-refractivity contribution in [2.24, 2.45) is 4.99 Å². The zero-order chi connectivity index (χ0) is 16.0. The third kappa shape index (κ3) is 5.88. The number of allylic oxidation sites excluding steroid dienone is 6. The highest BCUT2D eigenvalue weighted by Gasteiger charge is 1.92. The molecule has 0 spiro atoms. The van der Waals surface area contributed by atoms with Gasteiger partial charge in [0, 0.05) is 11.4 Å².